The third kappa shape index (κ3) is 2.81. The standard InChI is InChI=1S/C12H19N7O/c1-17-4-6-18(7-5-17)3-2-13-10-8-11-15-16-12(20)19(11)9-14-10/h8-9,13H,2-7H2,1H3,(H,16,20). The molecule has 0 spiro atoms. The van der Waals surface area contributed by atoms with Gasteiger partial charge >= 0.3 is 5.69 Å². The maximum atomic E-state index is 11.3. The van der Waals surface area contributed by atoms with Crippen molar-refractivity contribution in [1.82, 2.24) is 29.4 Å². The second-order valence-corrected chi connectivity index (χ2v) is 5.10. The lowest BCUT2D eigenvalue weighted by Gasteiger charge is -2.32. The number of H-pyrrole nitrogens is 1. The Hall–Kier alpha value is -1.93. The van der Waals surface area contributed by atoms with Crippen molar-refractivity contribution in [2.45, 2.75) is 0 Å². The molecule has 1 saturated heterocycles. The molecule has 3 rings (SSSR count). The average molecular weight is 277 g/mol. The van der Waals surface area contributed by atoms with E-state index in [4.69, 9.17) is 0 Å². The zero-order valence-corrected chi connectivity index (χ0v) is 11.5. The molecule has 1 aliphatic heterocycles. The van der Waals surface area contributed by atoms with Gasteiger partial charge in [-0.3, -0.25) is 4.90 Å². The van der Waals surface area contributed by atoms with Crippen LogP contribution in [0.15, 0.2) is 17.2 Å². The summed E-state index contributed by atoms with van der Waals surface area (Å²) in [7, 11) is 2.15. The topological polar surface area (TPSA) is 81.6 Å². The molecule has 2 N–H and O–H groups in total. The molecule has 8 heteroatoms. The van der Waals surface area contributed by atoms with Crippen molar-refractivity contribution < 1.29 is 0 Å². The Labute approximate surface area is 116 Å². The monoisotopic (exact) mass is 277 g/mol. The van der Waals surface area contributed by atoms with E-state index in [1.54, 1.807) is 6.07 Å². The van der Waals surface area contributed by atoms with Crippen LogP contribution in [0, 0.1) is 0 Å². The van der Waals surface area contributed by atoms with Crippen LogP contribution in [-0.4, -0.2) is 75.7 Å². The van der Waals surface area contributed by atoms with Gasteiger partial charge in [0, 0.05) is 45.3 Å². The van der Waals surface area contributed by atoms with E-state index in [0.29, 0.717) is 5.65 Å². The second kappa shape index (κ2) is 5.59. The van der Waals surface area contributed by atoms with Crippen molar-refractivity contribution >= 4 is 11.5 Å². The quantitative estimate of drug-likeness (QED) is 0.752. The van der Waals surface area contributed by atoms with Crippen molar-refractivity contribution in [2.24, 2.45) is 0 Å². The lowest BCUT2D eigenvalue weighted by atomic mass is 10.3. The zero-order valence-electron chi connectivity index (χ0n) is 11.5. The predicted molar refractivity (Wildman–Crippen MR) is 76.0 cm³/mol. The molecule has 0 aliphatic carbocycles. The Morgan fingerprint density at radius 2 is 2.15 bits per heavy atom. The second-order valence-electron chi connectivity index (χ2n) is 5.10. The van der Waals surface area contributed by atoms with Gasteiger partial charge in [0.25, 0.3) is 0 Å². The van der Waals surface area contributed by atoms with Gasteiger partial charge in [0.05, 0.1) is 0 Å². The molecule has 2 aromatic heterocycles. The van der Waals surface area contributed by atoms with Crippen LogP contribution in [0.3, 0.4) is 0 Å². The first kappa shape index (κ1) is 13.1. The lowest BCUT2D eigenvalue weighted by molar-refractivity contribution is 0.158. The number of likely N-dealkylation sites (N-methyl/N-ethyl adjacent to an activating group) is 1. The summed E-state index contributed by atoms with van der Waals surface area (Å²) in [5.41, 5.74) is 0.309. The molecule has 0 radical (unpaired) electrons. The summed E-state index contributed by atoms with van der Waals surface area (Å²) in [5, 5.41) is 9.58. The molecular weight excluding hydrogens is 258 g/mol. The van der Waals surface area contributed by atoms with E-state index in [1.165, 1.54) is 10.7 Å². The van der Waals surface area contributed by atoms with Crippen LogP contribution in [0.25, 0.3) is 5.65 Å². The molecule has 2 aromatic rings. The highest BCUT2D eigenvalue weighted by molar-refractivity contribution is 5.48. The number of piperazine rings is 1. The number of anilines is 1. The van der Waals surface area contributed by atoms with E-state index in [9.17, 15) is 4.79 Å². The largest absolute Gasteiger partial charge is 0.369 e. The third-order valence-electron chi connectivity index (χ3n) is 3.64. The highest BCUT2D eigenvalue weighted by Gasteiger charge is 2.12. The fraction of sp³-hybridized carbons (Fsp3) is 0.583. The van der Waals surface area contributed by atoms with Crippen molar-refractivity contribution in [3.8, 4) is 0 Å². The van der Waals surface area contributed by atoms with Crippen LogP contribution in [-0.2, 0) is 0 Å². The molecule has 0 bridgehead atoms. The number of aromatic nitrogens is 4. The van der Waals surface area contributed by atoms with E-state index >= 15 is 0 Å². The van der Waals surface area contributed by atoms with Gasteiger partial charge in [-0.05, 0) is 7.05 Å². The Morgan fingerprint density at radius 1 is 1.35 bits per heavy atom. The first-order chi connectivity index (χ1) is 9.72. The Bertz CT molecular complexity index is 626. The third-order valence-corrected chi connectivity index (χ3v) is 3.64. The Balaban J connectivity index is 1.53. The van der Waals surface area contributed by atoms with Crippen LogP contribution >= 0.6 is 0 Å². The minimum atomic E-state index is -0.267. The lowest BCUT2D eigenvalue weighted by Crippen LogP contribution is -2.45. The molecular formula is C12H19N7O. The van der Waals surface area contributed by atoms with Crippen molar-refractivity contribution in [1.29, 1.82) is 0 Å². The Kier molecular flexibility index (Phi) is 3.66. The summed E-state index contributed by atoms with van der Waals surface area (Å²) in [5.74, 6) is 0.741. The molecule has 1 fully saturated rings. The molecule has 0 unspecified atom stereocenters. The molecule has 8 nitrogen and oxygen atoms in total. The predicted octanol–water partition coefficient (Wildman–Crippen LogP) is -0.923. The van der Waals surface area contributed by atoms with Gasteiger partial charge in [-0.25, -0.2) is 19.3 Å². The molecule has 0 aromatic carbocycles. The number of hydrogen-bond donors (Lipinski definition) is 2. The molecule has 108 valence electrons. The normalized spacial score (nSPS) is 17.6. The molecule has 3 heterocycles. The van der Waals surface area contributed by atoms with Gasteiger partial charge in [-0.15, -0.1) is 0 Å². The van der Waals surface area contributed by atoms with Crippen LogP contribution in [0.4, 0.5) is 5.82 Å². The van der Waals surface area contributed by atoms with E-state index in [1.807, 2.05) is 0 Å². The number of hydrogen-bond acceptors (Lipinski definition) is 6. The van der Waals surface area contributed by atoms with Crippen LogP contribution in [0.5, 0.6) is 0 Å². The number of nitrogens with zero attached hydrogens (tertiary/aromatic N) is 5. The maximum absolute atomic E-state index is 11.3. The summed E-state index contributed by atoms with van der Waals surface area (Å²) in [6.07, 6.45) is 1.49. The minimum absolute atomic E-state index is 0.267. The first-order valence-electron chi connectivity index (χ1n) is 6.80. The Morgan fingerprint density at radius 3 is 2.95 bits per heavy atom. The van der Waals surface area contributed by atoms with E-state index < -0.39 is 0 Å². The van der Waals surface area contributed by atoms with Gasteiger partial charge in [0.1, 0.15) is 12.1 Å². The molecule has 20 heavy (non-hydrogen) atoms. The van der Waals surface area contributed by atoms with Crippen LogP contribution in [0.1, 0.15) is 0 Å². The number of aromatic amines is 1. The summed E-state index contributed by atoms with van der Waals surface area (Å²) in [4.78, 5) is 20.3. The van der Waals surface area contributed by atoms with Crippen LogP contribution < -0.4 is 11.0 Å². The smallest absolute Gasteiger partial charge is 0.348 e. The fourth-order valence-corrected chi connectivity index (χ4v) is 2.32. The number of nitrogens with one attached hydrogen (secondary N) is 2. The fourth-order valence-electron chi connectivity index (χ4n) is 2.32. The molecule has 1 aliphatic rings. The van der Waals surface area contributed by atoms with Gasteiger partial charge in [0.15, 0.2) is 5.65 Å². The molecule has 0 amide bonds. The summed E-state index contributed by atoms with van der Waals surface area (Å²) in [6, 6.07) is 1.77. The van der Waals surface area contributed by atoms with Gasteiger partial charge in [0.2, 0.25) is 0 Å². The van der Waals surface area contributed by atoms with E-state index in [2.05, 4.69) is 37.3 Å². The van der Waals surface area contributed by atoms with Crippen molar-refractivity contribution in [3.05, 3.63) is 22.9 Å². The summed E-state index contributed by atoms with van der Waals surface area (Å²) in [6.45, 7) is 6.30. The van der Waals surface area contributed by atoms with Gasteiger partial charge < -0.3 is 10.2 Å². The van der Waals surface area contributed by atoms with Crippen molar-refractivity contribution in [2.75, 3.05) is 51.6 Å². The summed E-state index contributed by atoms with van der Waals surface area (Å²) < 4.78 is 1.38. The van der Waals surface area contributed by atoms with Gasteiger partial charge in [-0.1, -0.05) is 0 Å². The highest BCUT2D eigenvalue weighted by Crippen LogP contribution is 2.04. The SMILES string of the molecule is CN1CCN(CCNc2cc3n[nH]c(=O)n3cn2)CC1. The molecule has 0 atom stereocenters. The van der Waals surface area contributed by atoms with Crippen molar-refractivity contribution in [3.63, 3.8) is 0 Å². The van der Waals surface area contributed by atoms with E-state index in [0.717, 1.165) is 45.1 Å². The zero-order chi connectivity index (χ0) is 13.9. The van der Waals surface area contributed by atoms with Gasteiger partial charge in [-0.2, -0.15) is 5.10 Å². The maximum Gasteiger partial charge on any atom is 0.348 e. The minimum Gasteiger partial charge on any atom is -0.369 e. The molecule has 0 saturated carbocycles. The number of fused-ring (bicyclic) bond motifs is 1. The average Bonchev–Trinajstić information content (AvgIpc) is 2.82. The number of rotatable bonds is 4. The van der Waals surface area contributed by atoms with E-state index in [-0.39, 0.29) is 5.69 Å². The first-order valence-corrected chi connectivity index (χ1v) is 6.80. The highest BCUT2D eigenvalue weighted by atomic mass is 16.1. The van der Waals surface area contributed by atoms with Crippen LogP contribution in [0.2, 0.25) is 0 Å². The summed E-state index contributed by atoms with van der Waals surface area (Å²) >= 11 is 0.